The summed E-state index contributed by atoms with van der Waals surface area (Å²) in [4.78, 5) is 30.8. The summed E-state index contributed by atoms with van der Waals surface area (Å²) in [5, 5.41) is 12.5. The lowest BCUT2D eigenvalue weighted by Crippen LogP contribution is -2.35. The van der Waals surface area contributed by atoms with Gasteiger partial charge in [-0.05, 0) is 49.1 Å². The molecule has 0 spiro atoms. The number of rotatable bonds is 6. The predicted molar refractivity (Wildman–Crippen MR) is 126 cm³/mol. The molecule has 1 fully saturated rings. The van der Waals surface area contributed by atoms with E-state index in [2.05, 4.69) is 37.1 Å². The molecule has 0 aliphatic carbocycles. The van der Waals surface area contributed by atoms with Crippen LogP contribution in [-0.4, -0.2) is 48.7 Å². The number of aromatic carboxylic acids is 1. The summed E-state index contributed by atoms with van der Waals surface area (Å²) >= 11 is 0. The quantitative estimate of drug-likeness (QED) is 0.440. The molecule has 174 valence electrons. The Hall–Kier alpha value is -4.08. The molecule has 1 aromatic carbocycles. The molecule has 1 aliphatic rings. The summed E-state index contributed by atoms with van der Waals surface area (Å²) in [6.45, 7) is 3.61. The average molecular weight is 462 g/mol. The fraction of sp³-hybridized carbons (Fsp3) is 0.292. The van der Waals surface area contributed by atoms with E-state index < -0.39 is 11.8 Å². The number of hydrogen-bond acceptors (Lipinski definition) is 7. The minimum Gasteiger partial charge on any atom is -0.478 e. The second kappa shape index (κ2) is 9.05. The van der Waals surface area contributed by atoms with E-state index in [-0.39, 0.29) is 11.6 Å². The number of anilines is 3. The summed E-state index contributed by atoms with van der Waals surface area (Å²) in [5.41, 5.74) is 2.42. The lowest BCUT2D eigenvalue weighted by atomic mass is 10.1. The molecule has 9 nitrogen and oxygen atoms in total. The first-order chi connectivity index (χ1) is 16.5. The van der Waals surface area contributed by atoms with Crippen molar-refractivity contribution in [2.75, 3.05) is 23.3 Å². The molecule has 0 bridgehead atoms. The highest BCUT2D eigenvalue weighted by molar-refractivity contribution is 5.91. The second-order valence-corrected chi connectivity index (χ2v) is 8.28. The van der Waals surface area contributed by atoms with E-state index in [4.69, 9.17) is 5.11 Å². The van der Waals surface area contributed by atoms with Crippen molar-refractivity contribution in [3.8, 4) is 0 Å². The Balaban J connectivity index is 1.35. The molecule has 4 aromatic rings. The number of piperidine rings is 1. The van der Waals surface area contributed by atoms with E-state index in [9.17, 15) is 4.79 Å². The Morgan fingerprint density at radius 2 is 1.82 bits per heavy atom. The van der Waals surface area contributed by atoms with Crippen LogP contribution in [0.2, 0.25) is 0 Å². The molecule has 2 N–H and O–H groups in total. The first-order valence-corrected chi connectivity index (χ1v) is 11.2. The van der Waals surface area contributed by atoms with Crippen LogP contribution in [0, 0.1) is 5.82 Å². The summed E-state index contributed by atoms with van der Waals surface area (Å²) < 4.78 is 17.0. The minimum absolute atomic E-state index is 0.0933. The van der Waals surface area contributed by atoms with Gasteiger partial charge in [0, 0.05) is 43.4 Å². The molecular formula is C24H24FN7O2. The Morgan fingerprint density at radius 1 is 1.12 bits per heavy atom. The molecule has 0 amide bonds. The number of fused-ring (bicyclic) bond motifs is 1. The lowest BCUT2D eigenvalue weighted by molar-refractivity contribution is 0.0697. The zero-order valence-electron chi connectivity index (χ0n) is 18.6. The number of nitrogens with one attached hydrogen (secondary N) is 1. The molecule has 4 heterocycles. The van der Waals surface area contributed by atoms with Crippen LogP contribution in [0.15, 0.2) is 49.2 Å². The van der Waals surface area contributed by atoms with Gasteiger partial charge in [0.2, 0.25) is 5.95 Å². The monoisotopic (exact) mass is 461 g/mol. The molecule has 0 atom stereocenters. The van der Waals surface area contributed by atoms with Gasteiger partial charge in [0.1, 0.15) is 17.8 Å². The molecule has 0 unspecified atom stereocenters. The average Bonchev–Trinajstić information content (AvgIpc) is 3.22. The van der Waals surface area contributed by atoms with Crippen molar-refractivity contribution < 1.29 is 14.3 Å². The number of carboxylic acid groups (broad SMARTS) is 1. The zero-order valence-corrected chi connectivity index (χ0v) is 18.6. The van der Waals surface area contributed by atoms with Crippen molar-refractivity contribution in [3.63, 3.8) is 0 Å². The van der Waals surface area contributed by atoms with Crippen LogP contribution < -0.4 is 10.2 Å². The van der Waals surface area contributed by atoms with Crippen molar-refractivity contribution in [2.24, 2.45) is 0 Å². The van der Waals surface area contributed by atoms with Crippen LogP contribution >= 0.6 is 0 Å². The van der Waals surface area contributed by atoms with Gasteiger partial charge in [0.25, 0.3) is 0 Å². The SMILES string of the molecule is CCc1cnc(N2CCC(n3cc(F)c4c(Nc5ccc(C(=O)O)cc5)ncnc43)CC2)nc1. The molecule has 10 heteroatoms. The number of aromatic nitrogens is 5. The highest BCUT2D eigenvalue weighted by Gasteiger charge is 2.26. The highest BCUT2D eigenvalue weighted by atomic mass is 19.1. The number of hydrogen-bond donors (Lipinski definition) is 2. The third-order valence-electron chi connectivity index (χ3n) is 6.20. The van der Waals surface area contributed by atoms with Gasteiger partial charge in [0.15, 0.2) is 5.82 Å². The Kier molecular flexibility index (Phi) is 5.79. The van der Waals surface area contributed by atoms with Crippen molar-refractivity contribution in [1.29, 1.82) is 0 Å². The summed E-state index contributed by atoms with van der Waals surface area (Å²) in [6, 6.07) is 6.31. The molecule has 0 radical (unpaired) electrons. The lowest BCUT2D eigenvalue weighted by Gasteiger charge is -2.32. The van der Waals surface area contributed by atoms with Gasteiger partial charge >= 0.3 is 5.97 Å². The van der Waals surface area contributed by atoms with Gasteiger partial charge < -0.3 is 19.9 Å². The van der Waals surface area contributed by atoms with Gasteiger partial charge in [-0.1, -0.05) is 6.92 Å². The zero-order chi connectivity index (χ0) is 23.7. The molecule has 1 saturated heterocycles. The molecule has 0 saturated carbocycles. The van der Waals surface area contributed by atoms with E-state index in [0.717, 1.165) is 43.9 Å². The van der Waals surface area contributed by atoms with Crippen LogP contribution in [0.1, 0.15) is 41.7 Å². The predicted octanol–water partition coefficient (Wildman–Crippen LogP) is 4.21. The van der Waals surface area contributed by atoms with E-state index in [1.165, 1.54) is 24.7 Å². The van der Waals surface area contributed by atoms with Crippen LogP contribution in [0.4, 0.5) is 21.8 Å². The highest BCUT2D eigenvalue weighted by Crippen LogP contribution is 2.33. The minimum atomic E-state index is -1.00. The fourth-order valence-electron chi connectivity index (χ4n) is 4.28. The van der Waals surface area contributed by atoms with Crippen LogP contribution in [0.25, 0.3) is 11.0 Å². The Labute approximate surface area is 195 Å². The van der Waals surface area contributed by atoms with Crippen LogP contribution in [0.5, 0.6) is 0 Å². The number of aryl methyl sites for hydroxylation is 1. The van der Waals surface area contributed by atoms with Crippen molar-refractivity contribution in [3.05, 3.63) is 66.1 Å². The number of carboxylic acids is 1. The second-order valence-electron chi connectivity index (χ2n) is 8.28. The van der Waals surface area contributed by atoms with E-state index >= 15 is 4.39 Å². The third kappa shape index (κ3) is 4.14. The van der Waals surface area contributed by atoms with Crippen molar-refractivity contribution in [1.82, 2.24) is 24.5 Å². The first kappa shape index (κ1) is 21.7. The molecular weight excluding hydrogens is 437 g/mol. The van der Waals surface area contributed by atoms with Gasteiger partial charge in [0.05, 0.1) is 10.9 Å². The third-order valence-corrected chi connectivity index (χ3v) is 6.20. The smallest absolute Gasteiger partial charge is 0.335 e. The molecule has 5 rings (SSSR count). The largest absolute Gasteiger partial charge is 0.478 e. The molecule has 1 aliphatic heterocycles. The Bertz CT molecular complexity index is 1310. The normalized spacial score (nSPS) is 14.5. The summed E-state index contributed by atoms with van der Waals surface area (Å²) in [6.07, 6.45) is 9.15. The van der Waals surface area contributed by atoms with Crippen molar-refractivity contribution >= 4 is 34.5 Å². The topological polar surface area (TPSA) is 109 Å². The van der Waals surface area contributed by atoms with Gasteiger partial charge in [-0.2, -0.15) is 0 Å². The number of nitrogens with zero attached hydrogens (tertiary/aromatic N) is 6. The van der Waals surface area contributed by atoms with E-state index in [0.29, 0.717) is 22.5 Å². The number of benzene rings is 1. The first-order valence-electron chi connectivity index (χ1n) is 11.2. The maximum Gasteiger partial charge on any atom is 0.335 e. The summed E-state index contributed by atoms with van der Waals surface area (Å²) in [5.74, 6) is -0.344. The number of halogens is 1. The summed E-state index contributed by atoms with van der Waals surface area (Å²) in [7, 11) is 0. The van der Waals surface area contributed by atoms with Gasteiger partial charge in [-0.15, -0.1) is 0 Å². The van der Waals surface area contributed by atoms with E-state index in [1.54, 1.807) is 12.1 Å². The maximum absolute atomic E-state index is 15.1. The standard InChI is InChI=1S/C24H24FN7O2/c1-2-15-11-26-24(27-12-15)31-9-7-18(8-10-31)32-13-19(25)20-21(28-14-29-22(20)32)30-17-5-3-16(4-6-17)23(33)34/h3-6,11-14,18H,2,7-10H2,1H3,(H,33,34)(H,28,29,30). The van der Waals surface area contributed by atoms with Gasteiger partial charge in [-0.25, -0.2) is 29.1 Å². The fourth-order valence-corrected chi connectivity index (χ4v) is 4.28. The number of carbonyl (C=O) groups is 1. The molecule has 3 aromatic heterocycles. The van der Waals surface area contributed by atoms with Gasteiger partial charge in [-0.3, -0.25) is 0 Å². The van der Waals surface area contributed by atoms with Crippen LogP contribution in [0.3, 0.4) is 0 Å². The van der Waals surface area contributed by atoms with Crippen molar-refractivity contribution in [2.45, 2.75) is 32.2 Å². The molecule has 34 heavy (non-hydrogen) atoms. The Morgan fingerprint density at radius 3 is 2.47 bits per heavy atom. The maximum atomic E-state index is 15.1. The van der Waals surface area contributed by atoms with E-state index in [1.807, 2.05) is 17.0 Å². The van der Waals surface area contributed by atoms with Crippen LogP contribution in [-0.2, 0) is 6.42 Å².